The Hall–Kier alpha value is -0.420. The Kier molecular flexibility index (Phi) is 4.56. The smallest absolute Gasteiger partial charge is 0.0931 e. The number of aromatic nitrogens is 1. The summed E-state index contributed by atoms with van der Waals surface area (Å²) in [5.74, 6) is 0. The van der Waals surface area contributed by atoms with E-state index in [0.29, 0.717) is 6.04 Å². The van der Waals surface area contributed by atoms with Gasteiger partial charge >= 0.3 is 0 Å². The molecular formula is C12H15ClN2S2. The van der Waals surface area contributed by atoms with E-state index in [0.717, 1.165) is 23.0 Å². The van der Waals surface area contributed by atoms with Crippen LogP contribution in [0.4, 0.5) is 0 Å². The van der Waals surface area contributed by atoms with Crippen LogP contribution in [0.15, 0.2) is 17.6 Å². The van der Waals surface area contributed by atoms with Crippen molar-refractivity contribution in [3.63, 3.8) is 0 Å². The first-order valence-corrected chi connectivity index (χ1v) is 7.62. The maximum atomic E-state index is 5.92. The summed E-state index contributed by atoms with van der Waals surface area (Å²) in [6.45, 7) is 5.20. The molecule has 1 unspecified atom stereocenters. The number of nitrogens with one attached hydrogen (secondary N) is 1. The van der Waals surface area contributed by atoms with Gasteiger partial charge in [0, 0.05) is 22.3 Å². The molecule has 0 radical (unpaired) electrons. The van der Waals surface area contributed by atoms with Crippen LogP contribution in [0.25, 0.3) is 0 Å². The van der Waals surface area contributed by atoms with Gasteiger partial charge in [-0.05, 0) is 32.4 Å². The van der Waals surface area contributed by atoms with Crippen LogP contribution in [0, 0.1) is 6.92 Å². The number of aryl methyl sites for hydroxylation is 1. The summed E-state index contributed by atoms with van der Waals surface area (Å²) in [4.78, 5) is 6.91. The van der Waals surface area contributed by atoms with E-state index in [2.05, 4.69) is 30.2 Å². The maximum Gasteiger partial charge on any atom is 0.0931 e. The lowest BCUT2D eigenvalue weighted by Crippen LogP contribution is -2.20. The van der Waals surface area contributed by atoms with Crippen molar-refractivity contribution in [1.29, 1.82) is 0 Å². The second-order valence-electron chi connectivity index (χ2n) is 3.93. The van der Waals surface area contributed by atoms with Crippen LogP contribution in [-0.4, -0.2) is 11.5 Å². The number of hydrogen-bond acceptors (Lipinski definition) is 4. The Labute approximate surface area is 115 Å². The highest BCUT2D eigenvalue weighted by molar-refractivity contribution is 7.16. The lowest BCUT2D eigenvalue weighted by Gasteiger charge is -2.11. The molecule has 1 atom stereocenters. The van der Waals surface area contributed by atoms with Crippen molar-refractivity contribution in [2.45, 2.75) is 26.3 Å². The third-order valence-electron chi connectivity index (χ3n) is 2.67. The van der Waals surface area contributed by atoms with Crippen molar-refractivity contribution in [3.05, 3.63) is 37.4 Å². The quantitative estimate of drug-likeness (QED) is 0.896. The maximum absolute atomic E-state index is 5.92. The Morgan fingerprint density at radius 2 is 2.29 bits per heavy atom. The van der Waals surface area contributed by atoms with Gasteiger partial charge in [0.05, 0.1) is 15.5 Å². The molecule has 2 aromatic heterocycles. The van der Waals surface area contributed by atoms with Gasteiger partial charge in [-0.2, -0.15) is 0 Å². The molecule has 1 N–H and O–H groups in total. The molecule has 2 heterocycles. The molecule has 0 aliphatic rings. The van der Waals surface area contributed by atoms with Gasteiger partial charge in [0.15, 0.2) is 0 Å². The fraction of sp³-hybridized carbons (Fsp3) is 0.417. The van der Waals surface area contributed by atoms with E-state index in [4.69, 9.17) is 11.6 Å². The minimum Gasteiger partial charge on any atom is -0.309 e. The standard InChI is InChI=1S/C12H15ClN2S2/c1-8-10(16-7-15-8)5-6-14-9(2)11-3-4-12(13)17-11/h3-4,7,9,14H,5-6H2,1-2H3. The average Bonchev–Trinajstić information content (AvgIpc) is 2.88. The van der Waals surface area contributed by atoms with Crippen LogP contribution in [-0.2, 0) is 6.42 Å². The van der Waals surface area contributed by atoms with E-state index in [1.54, 1.807) is 22.7 Å². The molecule has 2 nitrogen and oxygen atoms in total. The van der Waals surface area contributed by atoms with Crippen molar-refractivity contribution >= 4 is 34.3 Å². The number of nitrogens with zero attached hydrogens (tertiary/aromatic N) is 1. The van der Waals surface area contributed by atoms with Gasteiger partial charge in [0.2, 0.25) is 0 Å². The highest BCUT2D eigenvalue weighted by Crippen LogP contribution is 2.26. The number of rotatable bonds is 5. The first kappa shape index (κ1) is 13.0. The lowest BCUT2D eigenvalue weighted by atomic mass is 10.2. The Balaban J connectivity index is 1.81. The van der Waals surface area contributed by atoms with Crippen LogP contribution >= 0.6 is 34.3 Å². The fourth-order valence-corrected chi connectivity index (χ4v) is 3.50. The average molecular weight is 287 g/mol. The number of hydrogen-bond donors (Lipinski definition) is 1. The fourth-order valence-electron chi connectivity index (χ4n) is 1.63. The molecule has 0 aliphatic heterocycles. The molecule has 2 rings (SSSR count). The normalized spacial score (nSPS) is 12.9. The van der Waals surface area contributed by atoms with Crippen LogP contribution < -0.4 is 5.32 Å². The summed E-state index contributed by atoms with van der Waals surface area (Å²) in [5.41, 5.74) is 3.07. The van der Waals surface area contributed by atoms with Gasteiger partial charge in [-0.25, -0.2) is 4.98 Å². The summed E-state index contributed by atoms with van der Waals surface area (Å²) in [6.07, 6.45) is 1.04. The van der Waals surface area contributed by atoms with Crippen molar-refractivity contribution in [2.75, 3.05) is 6.54 Å². The molecule has 0 aromatic carbocycles. The van der Waals surface area contributed by atoms with E-state index >= 15 is 0 Å². The number of thiazole rings is 1. The molecule has 0 bridgehead atoms. The minimum atomic E-state index is 0.362. The second kappa shape index (κ2) is 5.96. The lowest BCUT2D eigenvalue weighted by molar-refractivity contribution is 0.586. The summed E-state index contributed by atoms with van der Waals surface area (Å²) in [6, 6.07) is 4.40. The highest BCUT2D eigenvalue weighted by Gasteiger charge is 2.08. The van der Waals surface area contributed by atoms with Crippen LogP contribution in [0.3, 0.4) is 0 Å². The van der Waals surface area contributed by atoms with Crippen molar-refractivity contribution in [3.8, 4) is 0 Å². The zero-order valence-electron chi connectivity index (χ0n) is 9.87. The van der Waals surface area contributed by atoms with Crippen LogP contribution in [0.5, 0.6) is 0 Å². The van der Waals surface area contributed by atoms with Gasteiger partial charge in [0.25, 0.3) is 0 Å². The SMILES string of the molecule is Cc1ncsc1CCNC(C)c1ccc(Cl)s1. The molecule has 0 fully saturated rings. The summed E-state index contributed by atoms with van der Waals surface area (Å²) >= 11 is 9.30. The zero-order chi connectivity index (χ0) is 12.3. The van der Waals surface area contributed by atoms with Gasteiger partial charge in [-0.1, -0.05) is 11.6 Å². The van der Waals surface area contributed by atoms with Gasteiger partial charge < -0.3 is 5.32 Å². The molecule has 0 amide bonds. The predicted molar refractivity (Wildman–Crippen MR) is 76.3 cm³/mol. The number of thiophene rings is 1. The molecule has 0 saturated heterocycles. The molecule has 0 saturated carbocycles. The molecule has 17 heavy (non-hydrogen) atoms. The van der Waals surface area contributed by atoms with E-state index < -0.39 is 0 Å². The predicted octanol–water partition coefficient (Wildman–Crippen LogP) is 4.06. The topological polar surface area (TPSA) is 24.9 Å². The van der Waals surface area contributed by atoms with Crippen molar-refractivity contribution in [2.24, 2.45) is 0 Å². The summed E-state index contributed by atoms with van der Waals surface area (Å²) < 4.78 is 0.854. The molecular weight excluding hydrogens is 272 g/mol. The van der Waals surface area contributed by atoms with Gasteiger partial charge in [0.1, 0.15) is 0 Å². The second-order valence-corrected chi connectivity index (χ2v) is 6.61. The van der Waals surface area contributed by atoms with Gasteiger partial charge in [-0.15, -0.1) is 22.7 Å². The van der Waals surface area contributed by atoms with E-state index in [9.17, 15) is 0 Å². The molecule has 5 heteroatoms. The number of halogens is 1. The third-order valence-corrected chi connectivity index (χ3v) is 5.08. The zero-order valence-corrected chi connectivity index (χ0v) is 12.3. The first-order valence-electron chi connectivity index (χ1n) is 5.54. The van der Waals surface area contributed by atoms with E-state index in [-0.39, 0.29) is 0 Å². The van der Waals surface area contributed by atoms with Crippen molar-refractivity contribution in [1.82, 2.24) is 10.3 Å². The summed E-state index contributed by atoms with van der Waals surface area (Å²) in [7, 11) is 0. The Morgan fingerprint density at radius 1 is 1.47 bits per heavy atom. The summed E-state index contributed by atoms with van der Waals surface area (Å²) in [5, 5.41) is 3.51. The van der Waals surface area contributed by atoms with Gasteiger partial charge in [-0.3, -0.25) is 0 Å². The third kappa shape index (κ3) is 3.52. The minimum absolute atomic E-state index is 0.362. The van der Waals surface area contributed by atoms with E-state index in [1.165, 1.54) is 9.75 Å². The first-order chi connectivity index (χ1) is 8.16. The van der Waals surface area contributed by atoms with Crippen LogP contribution in [0.1, 0.15) is 28.4 Å². The van der Waals surface area contributed by atoms with Crippen molar-refractivity contribution < 1.29 is 0 Å². The molecule has 0 aliphatic carbocycles. The monoisotopic (exact) mass is 286 g/mol. The largest absolute Gasteiger partial charge is 0.309 e. The highest BCUT2D eigenvalue weighted by atomic mass is 35.5. The molecule has 0 spiro atoms. The van der Waals surface area contributed by atoms with Crippen LogP contribution in [0.2, 0.25) is 4.34 Å². The Bertz CT molecular complexity index is 478. The molecule has 92 valence electrons. The molecule has 2 aromatic rings. The Morgan fingerprint density at radius 3 is 2.88 bits per heavy atom. The van der Waals surface area contributed by atoms with E-state index in [1.807, 2.05) is 11.6 Å².